The first-order valence-electron chi connectivity index (χ1n) is 1.80. The zero-order chi connectivity index (χ0) is 5.91. The summed E-state index contributed by atoms with van der Waals surface area (Å²) in [6, 6.07) is 0. The van der Waals surface area contributed by atoms with E-state index in [1.807, 2.05) is 0 Å². The molecule has 0 saturated carbocycles. The van der Waals surface area contributed by atoms with Crippen LogP contribution < -0.4 is 0 Å². The van der Waals surface area contributed by atoms with E-state index in [4.69, 9.17) is 4.55 Å². The third-order valence-electron chi connectivity index (χ3n) is 0.402. The Hall–Kier alpha value is 0.533. The molecular formula is C3H7O3RhS-. The molecule has 0 unspecified atom stereocenters. The molecule has 5 heteroatoms. The van der Waals surface area contributed by atoms with Crippen LogP contribution in [-0.2, 0) is 29.6 Å². The van der Waals surface area contributed by atoms with E-state index in [0.717, 1.165) is 0 Å². The molecule has 0 aromatic heterocycles. The van der Waals surface area contributed by atoms with Gasteiger partial charge in [0.15, 0.2) is 0 Å². The minimum atomic E-state index is -3.74. The molecular weight excluding hydrogens is 219 g/mol. The van der Waals surface area contributed by atoms with Crippen LogP contribution in [0.5, 0.6) is 0 Å². The minimum Gasteiger partial charge on any atom is -0.342 e. The summed E-state index contributed by atoms with van der Waals surface area (Å²) in [5.74, 6) is -0.243. The number of hydrogen-bond donors (Lipinski definition) is 1. The molecule has 0 aliphatic carbocycles. The van der Waals surface area contributed by atoms with E-state index in [2.05, 4.69) is 6.92 Å². The normalized spacial score (nSPS) is 10.2. The van der Waals surface area contributed by atoms with Crippen molar-refractivity contribution in [2.24, 2.45) is 0 Å². The van der Waals surface area contributed by atoms with E-state index in [1.165, 1.54) is 0 Å². The molecule has 3 nitrogen and oxygen atoms in total. The Balaban J connectivity index is 0. The summed E-state index contributed by atoms with van der Waals surface area (Å²) in [6.07, 6.45) is 0.221. The van der Waals surface area contributed by atoms with E-state index in [0.29, 0.717) is 0 Å². The molecule has 0 fully saturated rings. The van der Waals surface area contributed by atoms with Crippen LogP contribution in [0.2, 0.25) is 0 Å². The first-order valence-corrected chi connectivity index (χ1v) is 3.41. The summed E-state index contributed by atoms with van der Waals surface area (Å²) in [5.41, 5.74) is 0. The topological polar surface area (TPSA) is 54.4 Å². The maximum atomic E-state index is 9.75. The standard InChI is InChI=1S/C3H7O3S.Rh/c1-2-3-7(4,5)6;/h1-3H2,(H,4,5,6);/q-1;. The third kappa shape index (κ3) is 9.73. The summed E-state index contributed by atoms with van der Waals surface area (Å²) in [7, 11) is -3.74. The fourth-order valence-electron chi connectivity index (χ4n) is 0.182. The van der Waals surface area contributed by atoms with Crippen molar-refractivity contribution < 1.29 is 32.4 Å². The Labute approximate surface area is 62.0 Å². The minimum absolute atomic E-state index is 0. The zero-order valence-electron chi connectivity index (χ0n) is 4.13. The Morgan fingerprint density at radius 3 is 1.88 bits per heavy atom. The second-order valence-electron chi connectivity index (χ2n) is 1.14. The third-order valence-corrected chi connectivity index (χ3v) is 1.21. The average molecular weight is 226 g/mol. The van der Waals surface area contributed by atoms with Gasteiger partial charge in [-0.25, -0.2) is 0 Å². The maximum absolute atomic E-state index is 9.75. The predicted octanol–water partition coefficient (Wildman–Crippen LogP) is 0.0959. The number of rotatable bonds is 2. The van der Waals surface area contributed by atoms with Crippen molar-refractivity contribution in [2.45, 2.75) is 6.42 Å². The fourth-order valence-corrected chi connectivity index (χ4v) is 0.547. The molecule has 0 aromatic carbocycles. The van der Waals surface area contributed by atoms with Crippen molar-refractivity contribution >= 4 is 10.1 Å². The molecule has 0 saturated heterocycles. The average Bonchev–Trinajstić information content (AvgIpc) is 1.30. The molecule has 53 valence electrons. The van der Waals surface area contributed by atoms with Gasteiger partial charge in [-0.1, -0.05) is 0 Å². The van der Waals surface area contributed by atoms with Gasteiger partial charge in [0.05, 0.1) is 0 Å². The van der Waals surface area contributed by atoms with Crippen LogP contribution in [0, 0.1) is 6.92 Å². The van der Waals surface area contributed by atoms with Gasteiger partial charge < -0.3 is 6.92 Å². The maximum Gasteiger partial charge on any atom is 0.262 e. The van der Waals surface area contributed by atoms with Gasteiger partial charge in [0, 0.05) is 25.2 Å². The monoisotopic (exact) mass is 226 g/mol. The van der Waals surface area contributed by atoms with E-state index in [9.17, 15) is 8.42 Å². The van der Waals surface area contributed by atoms with Crippen molar-refractivity contribution in [3.05, 3.63) is 6.92 Å². The molecule has 0 amide bonds. The summed E-state index contributed by atoms with van der Waals surface area (Å²) < 4.78 is 27.4. The predicted molar refractivity (Wildman–Crippen MR) is 26.4 cm³/mol. The Morgan fingerprint density at radius 1 is 1.50 bits per heavy atom. The van der Waals surface area contributed by atoms with Crippen molar-refractivity contribution in [3.63, 3.8) is 0 Å². The van der Waals surface area contributed by atoms with Gasteiger partial charge in [0.1, 0.15) is 0 Å². The first kappa shape index (κ1) is 11.3. The first-order chi connectivity index (χ1) is 3.06. The van der Waals surface area contributed by atoms with Gasteiger partial charge in [0.25, 0.3) is 10.1 Å². The van der Waals surface area contributed by atoms with Gasteiger partial charge in [-0.15, -0.1) is 0 Å². The molecule has 0 spiro atoms. The van der Waals surface area contributed by atoms with Crippen LogP contribution >= 0.6 is 0 Å². The zero-order valence-corrected chi connectivity index (χ0v) is 6.58. The molecule has 0 aliphatic rings. The molecule has 0 heterocycles. The smallest absolute Gasteiger partial charge is 0.262 e. The largest absolute Gasteiger partial charge is 0.342 e. The molecule has 8 heavy (non-hydrogen) atoms. The second-order valence-corrected chi connectivity index (χ2v) is 2.71. The van der Waals surface area contributed by atoms with E-state index >= 15 is 0 Å². The molecule has 0 aromatic rings. The van der Waals surface area contributed by atoms with Crippen LogP contribution in [0.15, 0.2) is 0 Å². The van der Waals surface area contributed by atoms with Crippen molar-refractivity contribution in [2.75, 3.05) is 5.75 Å². The van der Waals surface area contributed by atoms with Crippen LogP contribution in [0.25, 0.3) is 0 Å². The quantitative estimate of drug-likeness (QED) is 0.412. The van der Waals surface area contributed by atoms with Gasteiger partial charge in [0.2, 0.25) is 0 Å². The fraction of sp³-hybridized carbons (Fsp3) is 0.667. The molecule has 0 rings (SSSR count). The van der Waals surface area contributed by atoms with Crippen molar-refractivity contribution in [1.82, 2.24) is 0 Å². The van der Waals surface area contributed by atoms with Gasteiger partial charge >= 0.3 is 0 Å². The van der Waals surface area contributed by atoms with Gasteiger partial charge in [-0.2, -0.15) is 14.8 Å². The van der Waals surface area contributed by atoms with Crippen LogP contribution in [-0.4, -0.2) is 18.7 Å². The molecule has 0 atom stereocenters. The molecule has 1 N–H and O–H groups in total. The van der Waals surface area contributed by atoms with E-state index in [1.54, 1.807) is 0 Å². The van der Waals surface area contributed by atoms with Gasteiger partial charge in [-0.3, -0.25) is 4.55 Å². The SMILES string of the molecule is [CH2-]CCS(=O)(=O)O.[Rh]. The Morgan fingerprint density at radius 2 is 1.88 bits per heavy atom. The molecule has 0 bridgehead atoms. The Bertz CT molecular complexity index is 127. The van der Waals surface area contributed by atoms with Crippen molar-refractivity contribution in [1.29, 1.82) is 0 Å². The van der Waals surface area contributed by atoms with E-state index in [-0.39, 0.29) is 31.7 Å². The Kier molecular flexibility index (Phi) is 6.26. The summed E-state index contributed by atoms with van der Waals surface area (Å²) in [6.45, 7) is 3.23. The van der Waals surface area contributed by atoms with Crippen LogP contribution in [0.3, 0.4) is 0 Å². The van der Waals surface area contributed by atoms with E-state index < -0.39 is 10.1 Å². The molecule has 0 aliphatic heterocycles. The number of hydrogen-bond acceptors (Lipinski definition) is 2. The summed E-state index contributed by atoms with van der Waals surface area (Å²) >= 11 is 0. The van der Waals surface area contributed by atoms with Crippen LogP contribution in [0.4, 0.5) is 0 Å². The second kappa shape index (κ2) is 4.42. The van der Waals surface area contributed by atoms with Crippen molar-refractivity contribution in [3.8, 4) is 0 Å². The van der Waals surface area contributed by atoms with Gasteiger partial charge in [-0.05, 0) is 0 Å². The van der Waals surface area contributed by atoms with Crippen LogP contribution in [0.1, 0.15) is 6.42 Å². The molecule has 1 radical (unpaired) electrons. The summed E-state index contributed by atoms with van der Waals surface area (Å²) in [4.78, 5) is 0. The summed E-state index contributed by atoms with van der Waals surface area (Å²) in [5, 5.41) is 0.